The molecule has 0 spiro atoms. The molecule has 0 bridgehead atoms. The van der Waals surface area contributed by atoms with Gasteiger partial charge in [0.2, 0.25) is 0 Å². The largest absolute Gasteiger partial charge is 0.374 e. The summed E-state index contributed by atoms with van der Waals surface area (Å²) < 4.78 is 0. The summed E-state index contributed by atoms with van der Waals surface area (Å²) in [5, 5.41) is 3.20. The van der Waals surface area contributed by atoms with Crippen LogP contribution in [0.15, 0.2) is 12.3 Å². The highest BCUT2D eigenvalue weighted by molar-refractivity contribution is 7.98. The Kier molecular flexibility index (Phi) is 6.37. The van der Waals surface area contributed by atoms with E-state index in [1.54, 1.807) is 0 Å². The van der Waals surface area contributed by atoms with Crippen molar-refractivity contribution >= 4 is 17.4 Å². The molecule has 4 heteroatoms. The van der Waals surface area contributed by atoms with E-state index in [1.807, 2.05) is 31.9 Å². The molecule has 0 aliphatic rings. The third kappa shape index (κ3) is 4.56. The number of aryl methyl sites for hydroxylation is 1. The average molecular weight is 253 g/mol. The van der Waals surface area contributed by atoms with Crippen LogP contribution >= 0.6 is 11.8 Å². The molecule has 0 aliphatic carbocycles. The van der Waals surface area contributed by atoms with Crippen LogP contribution in [0.3, 0.4) is 0 Å². The number of anilines is 1. The lowest BCUT2D eigenvalue weighted by Gasteiger charge is -2.22. The summed E-state index contributed by atoms with van der Waals surface area (Å²) >= 11 is 1.91. The second kappa shape index (κ2) is 7.56. The summed E-state index contributed by atoms with van der Waals surface area (Å²) in [6.45, 7) is 4.01. The molecule has 0 unspecified atom stereocenters. The Labute approximate surface area is 109 Å². The molecule has 1 rings (SSSR count). The molecule has 0 aliphatic heterocycles. The predicted octanol–water partition coefficient (Wildman–Crippen LogP) is 2.30. The van der Waals surface area contributed by atoms with Crippen LogP contribution in [0.4, 0.5) is 5.69 Å². The van der Waals surface area contributed by atoms with Crippen molar-refractivity contribution in [3.63, 3.8) is 0 Å². The Bertz CT molecular complexity index is 341. The fourth-order valence-electron chi connectivity index (χ4n) is 1.82. The Morgan fingerprint density at radius 2 is 2.24 bits per heavy atom. The van der Waals surface area contributed by atoms with Gasteiger partial charge >= 0.3 is 0 Å². The highest BCUT2D eigenvalue weighted by atomic mass is 32.2. The van der Waals surface area contributed by atoms with E-state index in [4.69, 9.17) is 0 Å². The van der Waals surface area contributed by atoms with Crippen molar-refractivity contribution in [2.24, 2.45) is 0 Å². The minimum Gasteiger partial charge on any atom is -0.374 e. The van der Waals surface area contributed by atoms with Gasteiger partial charge in [-0.25, -0.2) is 0 Å². The first-order valence-corrected chi connectivity index (χ1v) is 7.38. The summed E-state index contributed by atoms with van der Waals surface area (Å²) in [6.07, 6.45) is 5.35. The second-order valence-electron chi connectivity index (χ2n) is 4.25. The van der Waals surface area contributed by atoms with E-state index in [9.17, 15) is 0 Å². The molecule has 0 saturated carbocycles. The Hall–Kier alpha value is -0.740. The molecule has 0 amide bonds. The van der Waals surface area contributed by atoms with Crippen molar-refractivity contribution in [2.45, 2.75) is 19.9 Å². The summed E-state index contributed by atoms with van der Waals surface area (Å²) in [4.78, 5) is 6.70. The van der Waals surface area contributed by atoms with Crippen molar-refractivity contribution in [1.82, 2.24) is 10.3 Å². The van der Waals surface area contributed by atoms with Crippen LogP contribution in [-0.4, -0.2) is 37.6 Å². The smallest absolute Gasteiger partial charge is 0.0442 e. The summed E-state index contributed by atoms with van der Waals surface area (Å²) in [7, 11) is 4.13. The van der Waals surface area contributed by atoms with Crippen molar-refractivity contribution in [2.75, 3.05) is 37.5 Å². The minimum absolute atomic E-state index is 0.871. The van der Waals surface area contributed by atoms with Gasteiger partial charge in [-0.05, 0) is 38.5 Å². The van der Waals surface area contributed by atoms with E-state index in [1.165, 1.54) is 23.4 Å². The van der Waals surface area contributed by atoms with Crippen LogP contribution in [-0.2, 0) is 6.54 Å². The van der Waals surface area contributed by atoms with Crippen molar-refractivity contribution in [3.05, 3.63) is 23.5 Å². The number of rotatable bonds is 7. The standard InChI is InChI=1S/C13H23N3S/c1-11-8-13(12(9-14-2)10-15-11)16(3)6-5-7-17-4/h8,10,14H,5-7,9H2,1-4H3. The highest BCUT2D eigenvalue weighted by Crippen LogP contribution is 2.20. The molecule has 17 heavy (non-hydrogen) atoms. The molecule has 1 heterocycles. The first kappa shape index (κ1) is 14.3. The Balaban J connectivity index is 2.74. The van der Waals surface area contributed by atoms with E-state index in [0.29, 0.717) is 0 Å². The quantitative estimate of drug-likeness (QED) is 0.755. The second-order valence-corrected chi connectivity index (χ2v) is 5.24. The van der Waals surface area contributed by atoms with E-state index < -0.39 is 0 Å². The fourth-order valence-corrected chi connectivity index (χ4v) is 2.24. The van der Waals surface area contributed by atoms with Gasteiger partial charge < -0.3 is 10.2 Å². The molecule has 0 radical (unpaired) electrons. The average Bonchev–Trinajstić information content (AvgIpc) is 2.32. The van der Waals surface area contributed by atoms with E-state index >= 15 is 0 Å². The summed E-state index contributed by atoms with van der Waals surface area (Å²) in [5.41, 5.74) is 3.65. The van der Waals surface area contributed by atoms with Gasteiger partial charge in [-0.2, -0.15) is 11.8 Å². The molecule has 1 N–H and O–H groups in total. The molecule has 3 nitrogen and oxygen atoms in total. The molecular weight excluding hydrogens is 230 g/mol. The zero-order chi connectivity index (χ0) is 12.7. The molecule has 0 saturated heterocycles. The fraction of sp³-hybridized carbons (Fsp3) is 0.615. The SMILES string of the molecule is CNCc1cnc(C)cc1N(C)CCCSC. The number of thioether (sulfide) groups is 1. The van der Waals surface area contributed by atoms with Gasteiger partial charge in [0, 0.05) is 43.3 Å². The molecular formula is C13H23N3S. The topological polar surface area (TPSA) is 28.2 Å². The van der Waals surface area contributed by atoms with Gasteiger partial charge in [-0.1, -0.05) is 0 Å². The third-order valence-electron chi connectivity index (χ3n) is 2.72. The Morgan fingerprint density at radius 3 is 2.88 bits per heavy atom. The summed E-state index contributed by atoms with van der Waals surface area (Å²) in [5.74, 6) is 1.22. The number of nitrogens with one attached hydrogen (secondary N) is 1. The lowest BCUT2D eigenvalue weighted by atomic mass is 10.2. The van der Waals surface area contributed by atoms with Crippen LogP contribution in [0.25, 0.3) is 0 Å². The van der Waals surface area contributed by atoms with E-state index in [2.05, 4.69) is 34.6 Å². The van der Waals surface area contributed by atoms with E-state index in [0.717, 1.165) is 18.8 Å². The first-order valence-electron chi connectivity index (χ1n) is 5.99. The van der Waals surface area contributed by atoms with Crippen LogP contribution < -0.4 is 10.2 Å². The van der Waals surface area contributed by atoms with Crippen LogP contribution in [0.2, 0.25) is 0 Å². The molecule has 96 valence electrons. The first-order chi connectivity index (χ1) is 8.19. The maximum atomic E-state index is 4.37. The van der Waals surface area contributed by atoms with Gasteiger partial charge in [-0.15, -0.1) is 0 Å². The maximum absolute atomic E-state index is 4.37. The summed E-state index contributed by atoms with van der Waals surface area (Å²) in [6, 6.07) is 2.17. The van der Waals surface area contributed by atoms with Crippen molar-refractivity contribution < 1.29 is 0 Å². The number of aromatic nitrogens is 1. The van der Waals surface area contributed by atoms with Gasteiger partial charge in [0.1, 0.15) is 0 Å². The monoisotopic (exact) mass is 253 g/mol. The molecule has 0 atom stereocenters. The normalized spacial score (nSPS) is 10.6. The van der Waals surface area contributed by atoms with Crippen LogP contribution in [0, 0.1) is 6.92 Å². The van der Waals surface area contributed by atoms with Gasteiger partial charge in [0.25, 0.3) is 0 Å². The van der Waals surface area contributed by atoms with E-state index in [-0.39, 0.29) is 0 Å². The molecule has 0 fully saturated rings. The number of nitrogens with zero attached hydrogens (tertiary/aromatic N) is 2. The molecule has 1 aromatic heterocycles. The van der Waals surface area contributed by atoms with Crippen LogP contribution in [0.1, 0.15) is 17.7 Å². The minimum atomic E-state index is 0.871. The number of hydrogen-bond acceptors (Lipinski definition) is 4. The van der Waals surface area contributed by atoms with Crippen LogP contribution in [0.5, 0.6) is 0 Å². The molecule has 0 aromatic carbocycles. The van der Waals surface area contributed by atoms with Gasteiger partial charge in [0.05, 0.1) is 0 Å². The maximum Gasteiger partial charge on any atom is 0.0442 e. The predicted molar refractivity (Wildman–Crippen MR) is 78.0 cm³/mol. The van der Waals surface area contributed by atoms with Crippen molar-refractivity contribution in [3.8, 4) is 0 Å². The Morgan fingerprint density at radius 1 is 1.47 bits per heavy atom. The highest BCUT2D eigenvalue weighted by Gasteiger charge is 2.07. The van der Waals surface area contributed by atoms with Crippen molar-refractivity contribution in [1.29, 1.82) is 0 Å². The van der Waals surface area contributed by atoms with Gasteiger partial charge in [0.15, 0.2) is 0 Å². The molecule has 1 aromatic rings. The third-order valence-corrected chi connectivity index (χ3v) is 3.42. The number of hydrogen-bond donors (Lipinski definition) is 1. The zero-order valence-electron chi connectivity index (χ0n) is 11.3. The zero-order valence-corrected chi connectivity index (χ0v) is 12.1. The van der Waals surface area contributed by atoms with Gasteiger partial charge in [-0.3, -0.25) is 4.98 Å². The lowest BCUT2D eigenvalue weighted by Crippen LogP contribution is -2.22. The number of pyridine rings is 1. The lowest BCUT2D eigenvalue weighted by molar-refractivity contribution is 0.792.